The quantitative estimate of drug-likeness (QED) is 0.300. The van der Waals surface area contributed by atoms with Gasteiger partial charge in [-0.25, -0.2) is 4.79 Å². The first kappa shape index (κ1) is 28.0. The van der Waals surface area contributed by atoms with Crippen molar-refractivity contribution >= 4 is 17.9 Å². The van der Waals surface area contributed by atoms with Crippen LogP contribution >= 0.6 is 0 Å². The Bertz CT molecular complexity index is 929. The Morgan fingerprint density at radius 2 is 1.75 bits per heavy atom. The smallest absolute Gasteiger partial charge is 0.347 e. The summed E-state index contributed by atoms with van der Waals surface area (Å²) in [6.07, 6.45) is 5.49. The molecular weight excluding hydrogens is 460 g/mol. The number of ether oxygens (including phenoxy) is 3. The summed E-state index contributed by atoms with van der Waals surface area (Å²) < 4.78 is 16.7. The van der Waals surface area contributed by atoms with E-state index < -0.39 is 34.5 Å². The van der Waals surface area contributed by atoms with E-state index in [0.29, 0.717) is 12.8 Å². The third kappa shape index (κ3) is 6.40. The highest BCUT2D eigenvalue weighted by Crippen LogP contribution is 2.46. The van der Waals surface area contributed by atoms with E-state index in [4.69, 9.17) is 14.2 Å². The molecule has 1 aliphatic carbocycles. The fourth-order valence-electron chi connectivity index (χ4n) is 5.80. The summed E-state index contributed by atoms with van der Waals surface area (Å²) >= 11 is 0. The maximum Gasteiger partial charge on any atom is 0.347 e. The molecule has 1 heterocycles. The van der Waals surface area contributed by atoms with Crippen LogP contribution in [0.5, 0.6) is 5.75 Å². The third-order valence-corrected chi connectivity index (χ3v) is 8.04. The van der Waals surface area contributed by atoms with Crippen LogP contribution in [0.4, 0.5) is 0 Å². The molecule has 1 aromatic rings. The zero-order chi connectivity index (χ0) is 26.6. The fourth-order valence-corrected chi connectivity index (χ4v) is 5.80. The number of cyclic esters (lactones) is 1. The zero-order valence-corrected chi connectivity index (χ0v) is 22.4. The lowest BCUT2D eigenvalue weighted by Gasteiger charge is -2.40. The second-order valence-corrected chi connectivity index (χ2v) is 11.5. The number of phenols is 1. The lowest BCUT2D eigenvalue weighted by molar-refractivity contribution is -0.178. The van der Waals surface area contributed by atoms with Gasteiger partial charge in [-0.15, -0.1) is 0 Å². The van der Waals surface area contributed by atoms with Crippen molar-refractivity contribution in [3.8, 4) is 5.75 Å². The van der Waals surface area contributed by atoms with Gasteiger partial charge in [0.25, 0.3) is 0 Å². The minimum Gasteiger partial charge on any atom is -0.508 e. The van der Waals surface area contributed by atoms with E-state index in [0.717, 1.165) is 44.1 Å². The number of carbonyl (C=O) groups is 3. The van der Waals surface area contributed by atoms with Crippen molar-refractivity contribution in [3.05, 3.63) is 29.8 Å². The Hall–Kier alpha value is -2.57. The minimum absolute atomic E-state index is 0.0286. The van der Waals surface area contributed by atoms with Crippen LogP contribution in [0.1, 0.15) is 104 Å². The van der Waals surface area contributed by atoms with Crippen LogP contribution in [0, 0.1) is 10.8 Å². The Labute approximate surface area is 214 Å². The molecule has 2 aliphatic rings. The molecule has 3 rings (SSSR count). The number of rotatable bonds is 11. The van der Waals surface area contributed by atoms with Crippen molar-refractivity contribution in [1.82, 2.24) is 0 Å². The molecule has 0 spiro atoms. The monoisotopic (exact) mass is 502 g/mol. The van der Waals surface area contributed by atoms with Crippen molar-refractivity contribution < 1.29 is 33.7 Å². The predicted molar refractivity (Wildman–Crippen MR) is 135 cm³/mol. The van der Waals surface area contributed by atoms with Gasteiger partial charge >= 0.3 is 17.9 Å². The van der Waals surface area contributed by atoms with Crippen LogP contribution in [-0.4, -0.2) is 41.3 Å². The maximum absolute atomic E-state index is 13.9. The highest BCUT2D eigenvalue weighted by molar-refractivity contribution is 5.84. The Morgan fingerprint density at radius 1 is 1.11 bits per heavy atom. The molecule has 1 saturated carbocycles. The van der Waals surface area contributed by atoms with Gasteiger partial charge in [-0.2, -0.15) is 0 Å². The predicted octanol–water partition coefficient (Wildman–Crippen LogP) is 5.82. The van der Waals surface area contributed by atoms with E-state index in [9.17, 15) is 19.5 Å². The number of carbonyl (C=O) groups excluding carboxylic acids is 3. The molecule has 36 heavy (non-hydrogen) atoms. The molecule has 1 N–H and O–H groups in total. The lowest BCUT2D eigenvalue weighted by Crippen LogP contribution is -2.44. The normalized spacial score (nSPS) is 21.9. The second-order valence-electron chi connectivity index (χ2n) is 11.5. The van der Waals surface area contributed by atoms with Gasteiger partial charge in [-0.1, -0.05) is 26.0 Å². The van der Waals surface area contributed by atoms with Crippen molar-refractivity contribution in [2.75, 3.05) is 6.61 Å². The number of esters is 3. The SMILES string of the molecule is CCC(CC(C)(CC(C)(C)C(=O)OC1CCOC1=O)C(=O)OC1(CC)CCCC1)c1ccc(O)cc1. The molecule has 3 unspecified atom stereocenters. The highest BCUT2D eigenvalue weighted by Gasteiger charge is 2.48. The van der Waals surface area contributed by atoms with Crippen LogP contribution in [0.15, 0.2) is 24.3 Å². The van der Waals surface area contributed by atoms with Crippen LogP contribution in [0.2, 0.25) is 0 Å². The largest absolute Gasteiger partial charge is 0.508 e. The molecule has 3 atom stereocenters. The number of hydrogen-bond donors (Lipinski definition) is 1. The van der Waals surface area contributed by atoms with Gasteiger partial charge in [0.2, 0.25) is 6.10 Å². The first-order valence-corrected chi connectivity index (χ1v) is 13.3. The summed E-state index contributed by atoms with van der Waals surface area (Å²) in [6, 6.07) is 7.07. The molecule has 1 saturated heterocycles. The van der Waals surface area contributed by atoms with E-state index in [1.54, 1.807) is 26.0 Å². The van der Waals surface area contributed by atoms with Crippen molar-refractivity contribution in [2.45, 2.75) is 110 Å². The Morgan fingerprint density at radius 3 is 2.28 bits per heavy atom. The average molecular weight is 503 g/mol. The van der Waals surface area contributed by atoms with Gasteiger partial charge in [0.1, 0.15) is 11.4 Å². The number of phenolic OH excluding ortho intramolecular Hbond substituents is 1. The summed E-state index contributed by atoms with van der Waals surface area (Å²) in [4.78, 5) is 39.0. The molecule has 200 valence electrons. The van der Waals surface area contributed by atoms with Gasteiger partial charge in [0, 0.05) is 6.42 Å². The van der Waals surface area contributed by atoms with Crippen molar-refractivity contribution in [1.29, 1.82) is 0 Å². The highest BCUT2D eigenvalue weighted by atomic mass is 16.6. The van der Waals surface area contributed by atoms with Gasteiger partial charge in [-0.05, 0) is 95.8 Å². The van der Waals surface area contributed by atoms with Gasteiger partial charge in [0.15, 0.2) is 0 Å². The van der Waals surface area contributed by atoms with E-state index in [1.165, 1.54) is 0 Å². The molecule has 0 radical (unpaired) electrons. The van der Waals surface area contributed by atoms with Crippen LogP contribution in [-0.2, 0) is 28.6 Å². The summed E-state index contributed by atoms with van der Waals surface area (Å²) in [7, 11) is 0. The molecule has 7 nitrogen and oxygen atoms in total. The Balaban J connectivity index is 1.87. The zero-order valence-electron chi connectivity index (χ0n) is 22.4. The van der Waals surface area contributed by atoms with Crippen LogP contribution in [0.3, 0.4) is 0 Å². The third-order valence-electron chi connectivity index (χ3n) is 8.04. The van der Waals surface area contributed by atoms with Crippen molar-refractivity contribution in [3.63, 3.8) is 0 Å². The maximum atomic E-state index is 13.9. The van der Waals surface area contributed by atoms with E-state index in [1.807, 2.05) is 19.1 Å². The Kier molecular flexibility index (Phi) is 8.73. The van der Waals surface area contributed by atoms with Crippen LogP contribution < -0.4 is 0 Å². The van der Waals surface area contributed by atoms with E-state index >= 15 is 0 Å². The molecule has 1 aliphatic heterocycles. The van der Waals surface area contributed by atoms with E-state index in [2.05, 4.69) is 13.8 Å². The topological polar surface area (TPSA) is 99.1 Å². The summed E-state index contributed by atoms with van der Waals surface area (Å²) in [6.45, 7) is 9.77. The second kappa shape index (κ2) is 11.2. The minimum atomic E-state index is -1.03. The fraction of sp³-hybridized carbons (Fsp3) is 0.690. The summed E-state index contributed by atoms with van der Waals surface area (Å²) in [5, 5.41) is 9.74. The first-order valence-electron chi connectivity index (χ1n) is 13.3. The summed E-state index contributed by atoms with van der Waals surface area (Å²) in [5.41, 5.74) is -1.42. The van der Waals surface area contributed by atoms with Crippen molar-refractivity contribution in [2.24, 2.45) is 10.8 Å². The van der Waals surface area contributed by atoms with Crippen LogP contribution in [0.25, 0.3) is 0 Å². The molecule has 0 aromatic heterocycles. The standard InChI is InChI=1S/C29H42O7/c1-6-20(21-10-12-22(30)13-11-21)18-28(5,26(33)36-29(7-2)15-8-9-16-29)19-27(3,4)25(32)35-23-14-17-34-24(23)31/h10-13,20,23,30H,6-9,14-19H2,1-5H3. The van der Waals surface area contributed by atoms with Gasteiger partial charge in [0.05, 0.1) is 17.4 Å². The average Bonchev–Trinajstić information content (AvgIpc) is 3.47. The number of benzene rings is 1. The number of aromatic hydroxyl groups is 1. The summed E-state index contributed by atoms with van der Waals surface area (Å²) in [5.74, 6) is -1.11. The first-order chi connectivity index (χ1) is 16.9. The van der Waals surface area contributed by atoms with Gasteiger partial charge < -0.3 is 19.3 Å². The molecular formula is C29H42O7. The molecule has 0 amide bonds. The number of hydrogen-bond acceptors (Lipinski definition) is 7. The molecule has 1 aromatic carbocycles. The molecule has 2 fully saturated rings. The lowest BCUT2D eigenvalue weighted by atomic mass is 9.68. The molecule has 0 bridgehead atoms. The van der Waals surface area contributed by atoms with E-state index in [-0.39, 0.29) is 30.7 Å². The van der Waals surface area contributed by atoms with Gasteiger partial charge in [-0.3, -0.25) is 9.59 Å². The molecule has 7 heteroatoms.